The van der Waals surface area contributed by atoms with Gasteiger partial charge < -0.3 is 9.64 Å². The highest BCUT2D eigenvalue weighted by atomic mass is 35.5. The maximum Gasteiger partial charge on any atom is 0.257 e. The fourth-order valence-corrected chi connectivity index (χ4v) is 3.09. The van der Waals surface area contributed by atoms with Gasteiger partial charge in [-0.3, -0.25) is 4.79 Å². The number of benzene rings is 1. The molecule has 0 aliphatic carbocycles. The maximum atomic E-state index is 12.8. The van der Waals surface area contributed by atoms with Gasteiger partial charge in [0.25, 0.3) is 5.91 Å². The van der Waals surface area contributed by atoms with Gasteiger partial charge in [-0.15, -0.1) is 11.6 Å². The highest BCUT2D eigenvalue weighted by Crippen LogP contribution is 2.26. The Morgan fingerprint density at radius 3 is 2.95 bits per heavy atom. The first-order valence-corrected chi connectivity index (χ1v) is 7.72. The molecule has 1 aromatic carbocycles. The van der Waals surface area contributed by atoms with Crippen LogP contribution in [0.3, 0.4) is 0 Å². The SMILES string of the molecule is COc1ccc(C)cc1C(=O)N1CCCCC1CCCl. The van der Waals surface area contributed by atoms with Crippen molar-refractivity contribution in [1.82, 2.24) is 4.90 Å². The van der Waals surface area contributed by atoms with E-state index < -0.39 is 0 Å². The summed E-state index contributed by atoms with van der Waals surface area (Å²) in [6, 6.07) is 6.00. The predicted molar refractivity (Wildman–Crippen MR) is 81.7 cm³/mol. The van der Waals surface area contributed by atoms with E-state index >= 15 is 0 Å². The molecule has 0 saturated carbocycles. The number of likely N-dealkylation sites (tertiary alicyclic amines) is 1. The van der Waals surface area contributed by atoms with E-state index in [0.29, 0.717) is 17.2 Å². The molecule has 1 aromatic rings. The average Bonchev–Trinajstić information content (AvgIpc) is 2.47. The minimum Gasteiger partial charge on any atom is -0.496 e. The van der Waals surface area contributed by atoms with Crippen molar-refractivity contribution in [3.05, 3.63) is 29.3 Å². The van der Waals surface area contributed by atoms with Crippen molar-refractivity contribution < 1.29 is 9.53 Å². The van der Waals surface area contributed by atoms with Crippen LogP contribution in [0.4, 0.5) is 0 Å². The van der Waals surface area contributed by atoms with Gasteiger partial charge in [0, 0.05) is 18.5 Å². The smallest absolute Gasteiger partial charge is 0.257 e. The Kier molecular flexibility index (Phi) is 5.30. The molecule has 110 valence electrons. The molecule has 0 bridgehead atoms. The fourth-order valence-electron chi connectivity index (χ4n) is 2.84. The molecule has 1 aliphatic rings. The first-order chi connectivity index (χ1) is 9.67. The molecule has 1 amide bonds. The molecule has 4 heteroatoms. The van der Waals surface area contributed by atoms with Crippen LogP contribution in [-0.2, 0) is 0 Å². The zero-order valence-electron chi connectivity index (χ0n) is 12.2. The molecule has 3 nitrogen and oxygen atoms in total. The summed E-state index contributed by atoms with van der Waals surface area (Å²) in [6.07, 6.45) is 4.16. The van der Waals surface area contributed by atoms with E-state index in [1.165, 1.54) is 6.42 Å². The first-order valence-electron chi connectivity index (χ1n) is 7.19. The summed E-state index contributed by atoms with van der Waals surface area (Å²) < 4.78 is 5.33. The fraction of sp³-hybridized carbons (Fsp3) is 0.562. The average molecular weight is 296 g/mol. The molecule has 1 fully saturated rings. The molecule has 20 heavy (non-hydrogen) atoms. The molecule has 1 heterocycles. The zero-order chi connectivity index (χ0) is 14.5. The molecular weight excluding hydrogens is 274 g/mol. The lowest BCUT2D eigenvalue weighted by Crippen LogP contribution is -2.44. The third-order valence-electron chi connectivity index (χ3n) is 3.92. The van der Waals surface area contributed by atoms with Gasteiger partial charge in [-0.25, -0.2) is 0 Å². The summed E-state index contributed by atoms with van der Waals surface area (Å²) in [4.78, 5) is 14.8. The Hall–Kier alpha value is -1.22. The molecular formula is C16H22ClNO2. The number of methoxy groups -OCH3 is 1. The summed E-state index contributed by atoms with van der Waals surface area (Å²) >= 11 is 5.87. The second kappa shape index (κ2) is 6.98. The monoisotopic (exact) mass is 295 g/mol. The third kappa shape index (κ3) is 3.26. The summed E-state index contributed by atoms with van der Waals surface area (Å²) in [5, 5.41) is 0. The predicted octanol–water partition coefficient (Wildman–Crippen LogP) is 3.63. The quantitative estimate of drug-likeness (QED) is 0.794. The number of nitrogens with zero attached hydrogens (tertiary/aromatic N) is 1. The summed E-state index contributed by atoms with van der Waals surface area (Å²) in [6.45, 7) is 2.81. The molecule has 0 N–H and O–H groups in total. The second-order valence-electron chi connectivity index (χ2n) is 5.33. The van der Waals surface area contributed by atoms with Crippen LogP contribution >= 0.6 is 11.6 Å². The van der Waals surface area contributed by atoms with Crippen LogP contribution in [0.2, 0.25) is 0 Å². The van der Waals surface area contributed by atoms with E-state index in [1.54, 1.807) is 7.11 Å². The zero-order valence-corrected chi connectivity index (χ0v) is 12.9. The number of hydrogen-bond donors (Lipinski definition) is 0. The van der Waals surface area contributed by atoms with Gasteiger partial charge in [-0.05, 0) is 44.7 Å². The van der Waals surface area contributed by atoms with Crippen molar-refractivity contribution >= 4 is 17.5 Å². The van der Waals surface area contributed by atoms with E-state index in [1.807, 2.05) is 30.0 Å². The Balaban J connectivity index is 2.26. The molecule has 1 aliphatic heterocycles. The van der Waals surface area contributed by atoms with E-state index in [9.17, 15) is 4.79 Å². The van der Waals surface area contributed by atoms with Crippen molar-refractivity contribution in [3.8, 4) is 5.75 Å². The number of hydrogen-bond acceptors (Lipinski definition) is 2. The molecule has 2 rings (SSSR count). The van der Waals surface area contributed by atoms with Crippen molar-refractivity contribution in [3.63, 3.8) is 0 Å². The van der Waals surface area contributed by atoms with Crippen LogP contribution in [0.15, 0.2) is 18.2 Å². The topological polar surface area (TPSA) is 29.5 Å². The number of rotatable bonds is 4. The molecule has 0 radical (unpaired) electrons. The van der Waals surface area contributed by atoms with E-state index in [2.05, 4.69) is 0 Å². The van der Waals surface area contributed by atoms with Crippen LogP contribution in [0.1, 0.15) is 41.6 Å². The van der Waals surface area contributed by atoms with Crippen LogP contribution < -0.4 is 4.74 Å². The van der Waals surface area contributed by atoms with Crippen molar-refractivity contribution in [2.75, 3.05) is 19.5 Å². The molecule has 1 unspecified atom stereocenters. The lowest BCUT2D eigenvalue weighted by Gasteiger charge is -2.36. The molecule has 1 saturated heterocycles. The summed E-state index contributed by atoms with van der Waals surface area (Å²) in [5.74, 6) is 1.32. The Labute approximate surface area is 125 Å². The van der Waals surface area contributed by atoms with Crippen LogP contribution in [-0.4, -0.2) is 36.4 Å². The van der Waals surface area contributed by atoms with E-state index in [4.69, 9.17) is 16.3 Å². The van der Waals surface area contributed by atoms with Crippen molar-refractivity contribution in [2.45, 2.75) is 38.6 Å². The number of aryl methyl sites for hydroxylation is 1. The van der Waals surface area contributed by atoms with Gasteiger partial charge in [0.05, 0.1) is 12.7 Å². The third-order valence-corrected chi connectivity index (χ3v) is 4.13. The van der Waals surface area contributed by atoms with Crippen LogP contribution in [0.5, 0.6) is 5.75 Å². The molecule has 0 aromatic heterocycles. The van der Waals surface area contributed by atoms with E-state index in [-0.39, 0.29) is 11.9 Å². The number of carbonyl (C=O) groups excluding carboxylic acids is 1. The molecule has 0 spiro atoms. The minimum atomic E-state index is 0.0698. The normalized spacial score (nSPS) is 18.9. The number of halogens is 1. The summed E-state index contributed by atoms with van der Waals surface area (Å²) in [7, 11) is 1.61. The minimum absolute atomic E-state index is 0.0698. The van der Waals surface area contributed by atoms with Crippen molar-refractivity contribution in [2.24, 2.45) is 0 Å². The number of alkyl halides is 1. The van der Waals surface area contributed by atoms with Crippen LogP contribution in [0.25, 0.3) is 0 Å². The largest absolute Gasteiger partial charge is 0.496 e. The Bertz CT molecular complexity index is 474. The highest BCUT2D eigenvalue weighted by molar-refractivity contribution is 6.17. The standard InChI is InChI=1S/C16H22ClNO2/c1-12-6-7-15(20-2)14(11-12)16(19)18-10-4-3-5-13(18)8-9-17/h6-7,11,13H,3-5,8-10H2,1-2H3. The maximum absolute atomic E-state index is 12.8. The van der Waals surface area contributed by atoms with Gasteiger partial charge in [0.1, 0.15) is 5.75 Å². The lowest BCUT2D eigenvalue weighted by atomic mass is 9.98. The van der Waals surface area contributed by atoms with Gasteiger partial charge >= 0.3 is 0 Å². The molecule has 1 atom stereocenters. The Morgan fingerprint density at radius 1 is 1.45 bits per heavy atom. The van der Waals surface area contributed by atoms with Gasteiger partial charge in [-0.2, -0.15) is 0 Å². The lowest BCUT2D eigenvalue weighted by molar-refractivity contribution is 0.0606. The van der Waals surface area contributed by atoms with Gasteiger partial charge in [0.15, 0.2) is 0 Å². The van der Waals surface area contributed by atoms with E-state index in [0.717, 1.165) is 31.4 Å². The number of ether oxygens (including phenoxy) is 1. The first kappa shape index (κ1) is 15.2. The van der Waals surface area contributed by atoms with Gasteiger partial charge in [-0.1, -0.05) is 11.6 Å². The number of piperidine rings is 1. The number of carbonyl (C=O) groups is 1. The number of amides is 1. The summed E-state index contributed by atoms with van der Waals surface area (Å²) in [5.41, 5.74) is 1.73. The second-order valence-corrected chi connectivity index (χ2v) is 5.71. The highest BCUT2D eigenvalue weighted by Gasteiger charge is 2.28. The van der Waals surface area contributed by atoms with Crippen molar-refractivity contribution in [1.29, 1.82) is 0 Å². The van der Waals surface area contributed by atoms with Gasteiger partial charge in [0.2, 0.25) is 0 Å². The van der Waals surface area contributed by atoms with Crippen LogP contribution in [0, 0.1) is 6.92 Å². The Morgan fingerprint density at radius 2 is 2.25 bits per heavy atom.